The maximum absolute atomic E-state index is 11.5. The number of benzene rings is 1. The Hall–Kier alpha value is -2.22. The normalized spacial score (nSPS) is 9.44. The lowest BCUT2D eigenvalue weighted by Gasteiger charge is -2.20. The van der Waals surface area contributed by atoms with Gasteiger partial charge in [-0.2, -0.15) is 5.26 Å². The van der Waals surface area contributed by atoms with Crippen LogP contribution in [0.2, 0.25) is 0 Å². The van der Waals surface area contributed by atoms with Gasteiger partial charge in [0.05, 0.1) is 24.9 Å². The molecule has 0 spiro atoms. The third-order valence-corrected chi connectivity index (χ3v) is 2.49. The highest BCUT2D eigenvalue weighted by Crippen LogP contribution is 2.24. The number of rotatable bonds is 5. The number of likely N-dealkylation sites (N-methyl/N-ethyl adjacent to an activating group) is 2. The fourth-order valence-electron chi connectivity index (χ4n) is 1.60. The topological polar surface area (TPSA) is 65.4 Å². The van der Waals surface area contributed by atoms with Crippen LogP contribution in [0.5, 0.6) is 5.75 Å². The summed E-state index contributed by atoms with van der Waals surface area (Å²) in [5.74, 6) is 0.582. The van der Waals surface area contributed by atoms with Crippen molar-refractivity contribution in [1.82, 2.24) is 5.32 Å². The van der Waals surface area contributed by atoms with E-state index in [9.17, 15) is 4.79 Å². The standard InChI is InChI=1S/C13H17N3O2/c1-4-15-13(17)9-16(2)12-7-11(18-3)6-5-10(12)8-14/h5-7H,4,9H2,1-3H3,(H,15,17). The fraction of sp³-hybridized carbons (Fsp3) is 0.385. The molecule has 1 rings (SSSR count). The number of hydrogen-bond donors (Lipinski definition) is 1. The Labute approximate surface area is 107 Å². The molecule has 0 fully saturated rings. The molecule has 1 aromatic rings. The molecule has 0 unspecified atom stereocenters. The van der Waals surface area contributed by atoms with Gasteiger partial charge in [0.25, 0.3) is 0 Å². The third kappa shape index (κ3) is 3.39. The first-order chi connectivity index (χ1) is 8.62. The molecular formula is C13H17N3O2. The number of methoxy groups -OCH3 is 1. The largest absolute Gasteiger partial charge is 0.497 e. The van der Waals surface area contributed by atoms with Crippen molar-refractivity contribution in [2.75, 3.05) is 32.1 Å². The maximum Gasteiger partial charge on any atom is 0.239 e. The molecule has 0 aromatic heterocycles. The minimum Gasteiger partial charge on any atom is -0.497 e. The lowest BCUT2D eigenvalue weighted by atomic mass is 10.1. The summed E-state index contributed by atoms with van der Waals surface area (Å²) in [4.78, 5) is 13.2. The molecule has 1 N–H and O–H groups in total. The SMILES string of the molecule is CCNC(=O)CN(C)c1cc(OC)ccc1C#N. The van der Waals surface area contributed by atoms with E-state index in [-0.39, 0.29) is 12.5 Å². The van der Waals surface area contributed by atoms with Gasteiger partial charge in [-0.3, -0.25) is 4.79 Å². The van der Waals surface area contributed by atoms with Crippen LogP contribution in [0.1, 0.15) is 12.5 Å². The number of nitrogens with one attached hydrogen (secondary N) is 1. The zero-order valence-corrected chi connectivity index (χ0v) is 10.9. The number of carbonyl (C=O) groups is 1. The van der Waals surface area contributed by atoms with Crippen molar-refractivity contribution in [3.05, 3.63) is 23.8 Å². The lowest BCUT2D eigenvalue weighted by Crippen LogP contribution is -2.35. The number of ether oxygens (including phenoxy) is 1. The number of nitrogens with zero attached hydrogens (tertiary/aromatic N) is 2. The minimum atomic E-state index is -0.0771. The number of carbonyl (C=O) groups excluding carboxylic acids is 1. The van der Waals surface area contributed by atoms with Crippen LogP contribution >= 0.6 is 0 Å². The van der Waals surface area contributed by atoms with Crippen molar-refractivity contribution in [2.45, 2.75) is 6.92 Å². The molecule has 0 aliphatic heterocycles. The van der Waals surface area contributed by atoms with Crippen molar-refractivity contribution >= 4 is 11.6 Å². The van der Waals surface area contributed by atoms with Gasteiger partial charge in [0, 0.05) is 19.7 Å². The molecule has 0 aliphatic carbocycles. The van der Waals surface area contributed by atoms with E-state index in [1.807, 2.05) is 6.92 Å². The van der Waals surface area contributed by atoms with Crippen LogP contribution in [0.15, 0.2) is 18.2 Å². The van der Waals surface area contributed by atoms with E-state index < -0.39 is 0 Å². The van der Waals surface area contributed by atoms with Crippen LogP contribution < -0.4 is 15.0 Å². The summed E-state index contributed by atoms with van der Waals surface area (Å²) in [6, 6.07) is 7.26. The fourth-order valence-corrected chi connectivity index (χ4v) is 1.60. The van der Waals surface area contributed by atoms with Crippen molar-refractivity contribution in [3.8, 4) is 11.8 Å². The average molecular weight is 247 g/mol. The smallest absolute Gasteiger partial charge is 0.239 e. The van der Waals surface area contributed by atoms with Crippen LogP contribution in [0, 0.1) is 11.3 Å². The Morgan fingerprint density at radius 3 is 2.83 bits per heavy atom. The molecule has 0 heterocycles. The quantitative estimate of drug-likeness (QED) is 0.847. The van der Waals surface area contributed by atoms with E-state index in [1.165, 1.54) is 0 Å². The second kappa shape index (κ2) is 6.50. The Morgan fingerprint density at radius 2 is 2.28 bits per heavy atom. The first-order valence-corrected chi connectivity index (χ1v) is 5.68. The minimum absolute atomic E-state index is 0.0771. The molecule has 18 heavy (non-hydrogen) atoms. The summed E-state index contributed by atoms with van der Waals surface area (Å²) >= 11 is 0. The number of amides is 1. The zero-order valence-electron chi connectivity index (χ0n) is 10.9. The molecule has 0 atom stereocenters. The zero-order chi connectivity index (χ0) is 13.5. The highest BCUT2D eigenvalue weighted by Gasteiger charge is 2.11. The second-order valence-electron chi connectivity index (χ2n) is 3.80. The van der Waals surface area contributed by atoms with E-state index in [4.69, 9.17) is 10.00 Å². The summed E-state index contributed by atoms with van der Waals surface area (Å²) in [6.07, 6.45) is 0. The average Bonchev–Trinajstić information content (AvgIpc) is 2.38. The van der Waals surface area contributed by atoms with Gasteiger partial charge in [-0.25, -0.2) is 0 Å². The van der Waals surface area contributed by atoms with Crippen LogP contribution in [0.25, 0.3) is 0 Å². The predicted molar refractivity (Wildman–Crippen MR) is 69.7 cm³/mol. The molecule has 1 aromatic carbocycles. The van der Waals surface area contributed by atoms with Crippen molar-refractivity contribution in [1.29, 1.82) is 5.26 Å². The Balaban J connectivity index is 2.93. The molecule has 1 amide bonds. The molecule has 5 heteroatoms. The van der Waals surface area contributed by atoms with Gasteiger partial charge in [0.2, 0.25) is 5.91 Å². The van der Waals surface area contributed by atoms with E-state index in [2.05, 4.69) is 11.4 Å². The van der Waals surface area contributed by atoms with Gasteiger partial charge < -0.3 is 15.0 Å². The number of nitriles is 1. The monoisotopic (exact) mass is 247 g/mol. The van der Waals surface area contributed by atoms with Crippen LogP contribution in [-0.2, 0) is 4.79 Å². The highest BCUT2D eigenvalue weighted by molar-refractivity contribution is 5.82. The number of hydrogen-bond acceptors (Lipinski definition) is 4. The van der Waals surface area contributed by atoms with Gasteiger partial charge in [0.1, 0.15) is 11.8 Å². The molecule has 0 saturated carbocycles. The summed E-state index contributed by atoms with van der Waals surface area (Å²) in [5.41, 5.74) is 1.20. The van der Waals surface area contributed by atoms with E-state index in [1.54, 1.807) is 37.3 Å². The highest BCUT2D eigenvalue weighted by atomic mass is 16.5. The van der Waals surface area contributed by atoms with Gasteiger partial charge in [-0.15, -0.1) is 0 Å². The molecule has 96 valence electrons. The Morgan fingerprint density at radius 1 is 1.56 bits per heavy atom. The van der Waals surface area contributed by atoms with Gasteiger partial charge >= 0.3 is 0 Å². The van der Waals surface area contributed by atoms with E-state index in [0.29, 0.717) is 23.5 Å². The van der Waals surface area contributed by atoms with Crippen LogP contribution in [0.4, 0.5) is 5.69 Å². The van der Waals surface area contributed by atoms with E-state index in [0.717, 1.165) is 0 Å². The molecule has 0 aliphatic rings. The first kappa shape index (κ1) is 13.8. The second-order valence-corrected chi connectivity index (χ2v) is 3.80. The van der Waals surface area contributed by atoms with Crippen molar-refractivity contribution in [3.63, 3.8) is 0 Å². The van der Waals surface area contributed by atoms with Crippen molar-refractivity contribution in [2.24, 2.45) is 0 Å². The van der Waals surface area contributed by atoms with E-state index >= 15 is 0 Å². The maximum atomic E-state index is 11.5. The summed E-state index contributed by atoms with van der Waals surface area (Å²) in [5, 5.41) is 11.8. The molecule has 0 saturated heterocycles. The Bertz CT molecular complexity index is 466. The van der Waals surface area contributed by atoms with Crippen molar-refractivity contribution < 1.29 is 9.53 Å². The molecule has 5 nitrogen and oxygen atoms in total. The molecule has 0 bridgehead atoms. The predicted octanol–water partition coefficient (Wildman–Crippen LogP) is 1.14. The van der Waals surface area contributed by atoms with Gasteiger partial charge in [0.15, 0.2) is 0 Å². The van der Waals surface area contributed by atoms with Gasteiger partial charge in [-0.1, -0.05) is 0 Å². The Kier molecular flexibility index (Phi) is 5.00. The van der Waals surface area contributed by atoms with Crippen LogP contribution in [-0.4, -0.2) is 33.2 Å². The summed E-state index contributed by atoms with van der Waals surface area (Å²) in [6.45, 7) is 2.66. The summed E-state index contributed by atoms with van der Waals surface area (Å²) < 4.78 is 5.12. The molecular weight excluding hydrogens is 230 g/mol. The number of anilines is 1. The third-order valence-electron chi connectivity index (χ3n) is 2.49. The lowest BCUT2D eigenvalue weighted by molar-refractivity contribution is -0.119. The first-order valence-electron chi connectivity index (χ1n) is 5.68. The summed E-state index contributed by atoms with van der Waals surface area (Å²) in [7, 11) is 3.33. The molecule has 0 radical (unpaired) electrons. The van der Waals surface area contributed by atoms with Gasteiger partial charge in [-0.05, 0) is 19.1 Å². The van der Waals surface area contributed by atoms with Crippen LogP contribution in [0.3, 0.4) is 0 Å².